The highest BCUT2D eigenvalue weighted by molar-refractivity contribution is 9.10. The highest BCUT2D eigenvalue weighted by Gasteiger charge is 2.09. The van der Waals surface area contributed by atoms with Crippen molar-refractivity contribution < 1.29 is 4.79 Å². The number of nitrogen functional groups attached to an aromatic ring is 1. The molecule has 0 atom stereocenters. The average molecular weight is 335 g/mol. The zero-order chi connectivity index (χ0) is 14.7. The van der Waals surface area contributed by atoms with E-state index in [1.165, 1.54) is 0 Å². The molecule has 104 valence electrons. The molecule has 5 nitrogen and oxygen atoms in total. The van der Waals surface area contributed by atoms with Gasteiger partial charge >= 0.3 is 0 Å². The largest absolute Gasteiger partial charge is 0.322 e. The van der Waals surface area contributed by atoms with Gasteiger partial charge in [0.1, 0.15) is 5.82 Å². The molecule has 1 aromatic carbocycles. The van der Waals surface area contributed by atoms with Crippen LogP contribution in [0.15, 0.2) is 34.8 Å². The topological polar surface area (TPSA) is 80.0 Å². The lowest BCUT2D eigenvalue weighted by molar-refractivity contribution is 0.102. The quantitative estimate of drug-likeness (QED) is 0.595. The van der Waals surface area contributed by atoms with Gasteiger partial charge in [-0.25, -0.2) is 10.8 Å². The van der Waals surface area contributed by atoms with Crippen LogP contribution < -0.4 is 16.6 Å². The maximum atomic E-state index is 12.2. The lowest BCUT2D eigenvalue weighted by atomic mass is 10.2. The van der Waals surface area contributed by atoms with Crippen LogP contribution in [-0.4, -0.2) is 10.9 Å². The molecule has 0 saturated carbocycles. The van der Waals surface area contributed by atoms with Crippen LogP contribution in [0.5, 0.6) is 0 Å². The van der Waals surface area contributed by atoms with Gasteiger partial charge in [0, 0.05) is 21.4 Å². The second-order valence-corrected chi connectivity index (χ2v) is 5.41. The van der Waals surface area contributed by atoms with Crippen LogP contribution in [0.2, 0.25) is 0 Å². The molecule has 0 radical (unpaired) electrons. The molecule has 20 heavy (non-hydrogen) atoms. The molecular weight excluding hydrogens is 320 g/mol. The zero-order valence-electron chi connectivity index (χ0n) is 11.2. The summed E-state index contributed by atoms with van der Waals surface area (Å²) >= 11 is 3.41. The van der Waals surface area contributed by atoms with E-state index in [0.29, 0.717) is 11.4 Å². The lowest BCUT2D eigenvalue weighted by Crippen LogP contribution is -2.15. The number of hydrogen-bond acceptors (Lipinski definition) is 4. The number of amides is 1. The van der Waals surface area contributed by atoms with Crippen LogP contribution in [0, 0.1) is 13.8 Å². The molecule has 0 saturated heterocycles. The van der Waals surface area contributed by atoms with Crippen molar-refractivity contribution in [3.8, 4) is 0 Å². The highest BCUT2D eigenvalue weighted by atomic mass is 79.9. The second-order valence-electron chi connectivity index (χ2n) is 4.50. The molecule has 0 aliphatic rings. The molecule has 4 N–H and O–H groups in total. The van der Waals surface area contributed by atoms with Crippen LogP contribution >= 0.6 is 15.9 Å². The summed E-state index contributed by atoms with van der Waals surface area (Å²) in [5.41, 5.74) is 5.46. The Morgan fingerprint density at radius 1 is 1.20 bits per heavy atom. The third kappa shape index (κ3) is 3.55. The fraction of sp³-hybridized carbons (Fsp3) is 0.143. The fourth-order valence-corrected chi connectivity index (χ4v) is 2.49. The Kier molecular flexibility index (Phi) is 4.36. The lowest BCUT2D eigenvalue weighted by Gasteiger charge is -2.09. The first-order valence-corrected chi connectivity index (χ1v) is 6.81. The minimum atomic E-state index is -0.204. The number of carbonyl (C=O) groups excluding carboxylic acids is 1. The molecule has 1 aromatic heterocycles. The fourth-order valence-electron chi connectivity index (χ4n) is 1.89. The number of rotatable bonds is 3. The van der Waals surface area contributed by atoms with E-state index in [0.717, 1.165) is 21.4 Å². The minimum Gasteiger partial charge on any atom is -0.322 e. The van der Waals surface area contributed by atoms with E-state index < -0.39 is 0 Å². The Balaban J connectivity index is 2.25. The molecule has 6 heteroatoms. The Morgan fingerprint density at radius 2 is 1.95 bits per heavy atom. The van der Waals surface area contributed by atoms with Gasteiger partial charge in [-0.15, -0.1) is 0 Å². The third-order valence-electron chi connectivity index (χ3n) is 2.66. The van der Waals surface area contributed by atoms with Gasteiger partial charge in [0.2, 0.25) is 0 Å². The summed E-state index contributed by atoms with van der Waals surface area (Å²) in [5.74, 6) is 5.58. The summed E-state index contributed by atoms with van der Waals surface area (Å²) < 4.78 is 0.919. The maximum absolute atomic E-state index is 12.2. The molecule has 2 aromatic rings. The van der Waals surface area contributed by atoms with Crippen molar-refractivity contribution in [1.82, 2.24) is 4.98 Å². The van der Waals surface area contributed by atoms with Gasteiger partial charge in [0.25, 0.3) is 5.91 Å². The Hall–Kier alpha value is -1.92. The monoisotopic (exact) mass is 334 g/mol. The second kappa shape index (κ2) is 6.02. The van der Waals surface area contributed by atoms with E-state index in [1.807, 2.05) is 25.1 Å². The molecule has 0 spiro atoms. The molecule has 0 aliphatic carbocycles. The van der Waals surface area contributed by atoms with Gasteiger partial charge in [-0.3, -0.25) is 4.79 Å². The Labute approximate surface area is 125 Å². The number of carbonyl (C=O) groups is 1. The van der Waals surface area contributed by atoms with Gasteiger partial charge in [-0.1, -0.05) is 15.9 Å². The number of nitrogens with one attached hydrogen (secondary N) is 2. The molecular formula is C14H15BrN4O. The van der Waals surface area contributed by atoms with Crippen molar-refractivity contribution in [2.45, 2.75) is 13.8 Å². The van der Waals surface area contributed by atoms with Crippen LogP contribution in [0.3, 0.4) is 0 Å². The highest BCUT2D eigenvalue weighted by Crippen LogP contribution is 2.20. The number of hydrazine groups is 1. The number of hydrogen-bond donors (Lipinski definition) is 3. The summed E-state index contributed by atoms with van der Waals surface area (Å²) in [6, 6.07) is 9.04. The Bertz CT molecular complexity index is 637. The van der Waals surface area contributed by atoms with Crippen molar-refractivity contribution in [1.29, 1.82) is 0 Å². The summed E-state index contributed by atoms with van der Waals surface area (Å²) in [6.07, 6.45) is 0. The van der Waals surface area contributed by atoms with Crippen LogP contribution in [0.25, 0.3) is 0 Å². The SMILES string of the molecule is Cc1cc(Br)cc(NC(=O)c2cc(C)nc(NN)c2)c1. The molecule has 0 unspecified atom stereocenters. The van der Waals surface area contributed by atoms with Crippen LogP contribution in [0.1, 0.15) is 21.6 Å². The number of aromatic nitrogens is 1. The van der Waals surface area contributed by atoms with E-state index in [4.69, 9.17) is 5.84 Å². The molecule has 1 amide bonds. The first-order valence-electron chi connectivity index (χ1n) is 6.02. The third-order valence-corrected chi connectivity index (χ3v) is 3.12. The van der Waals surface area contributed by atoms with E-state index in [2.05, 4.69) is 31.7 Å². The van der Waals surface area contributed by atoms with Crippen LogP contribution in [-0.2, 0) is 0 Å². The smallest absolute Gasteiger partial charge is 0.255 e. The van der Waals surface area contributed by atoms with Gasteiger partial charge in [0.05, 0.1) is 0 Å². The van der Waals surface area contributed by atoms with Crippen molar-refractivity contribution in [3.63, 3.8) is 0 Å². The van der Waals surface area contributed by atoms with Gasteiger partial charge in [-0.05, 0) is 49.7 Å². The Morgan fingerprint density at radius 3 is 2.60 bits per heavy atom. The van der Waals surface area contributed by atoms with Gasteiger partial charge in [0.15, 0.2) is 0 Å². The van der Waals surface area contributed by atoms with Crippen molar-refractivity contribution >= 4 is 33.3 Å². The van der Waals surface area contributed by atoms with E-state index >= 15 is 0 Å². The summed E-state index contributed by atoms with van der Waals surface area (Å²) in [5, 5.41) is 2.85. The molecule has 0 fully saturated rings. The summed E-state index contributed by atoms with van der Waals surface area (Å²) in [6.45, 7) is 3.77. The number of aryl methyl sites for hydroxylation is 2. The molecule has 0 aliphatic heterocycles. The summed E-state index contributed by atoms with van der Waals surface area (Å²) in [4.78, 5) is 16.4. The van der Waals surface area contributed by atoms with Gasteiger partial charge in [-0.2, -0.15) is 0 Å². The summed E-state index contributed by atoms with van der Waals surface area (Å²) in [7, 11) is 0. The van der Waals surface area contributed by atoms with Crippen molar-refractivity contribution in [2.24, 2.45) is 5.84 Å². The number of halogens is 1. The van der Waals surface area contributed by atoms with Crippen molar-refractivity contribution in [3.05, 3.63) is 51.6 Å². The number of pyridine rings is 1. The zero-order valence-corrected chi connectivity index (χ0v) is 12.8. The number of benzene rings is 1. The minimum absolute atomic E-state index is 0.204. The number of anilines is 2. The first-order chi connectivity index (χ1) is 9.47. The molecule has 1 heterocycles. The number of nitrogens with two attached hydrogens (primary N) is 1. The average Bonchev–Trinajstić information content (AvgIpc) is 2.36. The molecule has 2 rings (SSSR count). The maximum Gasteiger partial charge on any atom is 0.255 e. The predicted molar refractivity (Wildman–Crippen MR) is 83.6 cm³/mol. The standard InChI is InChI=1S/C14H15BrN4O/c1-8-3-11(15)7-12(4-8)18-14(20)10-5-9(2)17-13(6-10)19-16/h3-7H,16H2,1-2H3,(H,17,19)(H,18,20). The van der Waals surface area contributed by atoms with Crippen molar-refractivity contribution in [2.75, 3.05) is 10.7 Å². The normalized spacial score (nSPS) is 10.2. The van der Waals surface area contributed by atoms with E-state index in [1.54, 1.807) is 19.1 Å². The predicted octanol–water partition coefficient (Wildman–Crippen LogP) is 3.00. The van der Waals surface area contributed by atoms with Gasteiger partial charge < -0.3 is 10.7 Å². The van der Waals surface area contributed by atoms with E-state index in [9.17, 15) is 4.79 Å². The number of nitrogens with zero attached hydrogens (tertiary/aromatic N) is 1. The first kappa shape index (κ1) is 14.5. The van der Waals surface area contributed by atoms with Crippen LogP contribution in [0.4, 0.5) is 11.5 Å². The molecule has 0 bridgehead atoms. The van der Waals surface area contributed by atoms with E-state index in [-0.39, 0.29) is 5.91 Å².